The van der Waals surface area contributed by atoms with Gasteiger partial charge in [0.05, 0.1) is 11.8 Å². The molecule has 0 saturated carbocycles. The van der Waals surface area contributed by atoms with Crippen molar-refractivity contribution in [3.8, 4) is 34.2 Å². The van der Waals surface area contributed by atoms with Crippen molar-refractivity contribution in [2.24, 2.45) is 5.41 Å². The fraction of sp³-hybridized carbons (Fsp3) is 0.387. The average molecular weight is 469 g/mol. The molecule has 4 nitrogen and oxygen atoms in total. The molecule has 0 radical (unpaired) electrons. The first-order valence-electron chi connectivity index (χ1n) is 12.8. The molecule has 3 rings (SSSR count). The lowest BCUT2D eigenvalue weighted by Gasteiger charge is -2.17. The van der Waals surface area contributed by atoms with E-state index in [2.05, 4.69) is 48.3 Å². The molecule has 0 aliphatic heterocycles. The molecule has 182 valence electrons. The fourth-order valence-electron chi connectivity index (χ4n) is 3.89. The molecule has 1 aromatic heterocycles. The average Bonchev–Trinajstić information content (AvgIpc) is 2.91. The molecule has 0 spiro atoms. The Labute approximate surface area is 210 Å². The molecule has 0 aliphatic rings. The number of carbonyl (C=O) groups excluding carboxylic acids is 1. The molecule has 3 aromatic rings. The van der Waals surface area contributed by atoms with Gasteiger partial charge in [0.25, 0.3) is 0 Å². The molecule has 0 saturated heterocycles. The van der Waals surface area contributed by atoms with Crippen LogP contribution in [-0.4, -0.2) is 11.0 Å². The maximum absolute atomic E-state index is 12.3. The van der Waals surface area contributed by atoms with Crippen LogP contribution in [0.1, 0.15) is 71.3 Å². The zero-order valence-electron chi connectivity index (χ0n) is 21.2. The number of nitriles is 1. The van der Waals surface area contributed by atoms with Gasteiger partial charge in [0.15, 0.2) is 5.41 Å². The van der Waals surface area contributed by atoms with Crippen molar-refractivity contribution in [1.82, 2.24) is 4.98 Å². The van der Waals surface area contributed by atoms with Crippen molar-refractivity contribution in [2.45, 2.75) is 72.1 Å². The summed E-state index contributed by atoms with van der Waals surface area (Å²) in [4.78, 5) is 17.0. The number of rotatable bonds is 12. The Morgan fingerprint density at radius 3 is 2.03 bits per heavy atom. The fourth-order valence-corrected chi connectivity index (χ4v) is 3.89. The summed E-state index contributed by atoms with van der Waals surface area (Å²) in [6.07, 6.45) is 11.3. The summed E-state index contributed by atoms with van der Waals surface area (Å²) in [6.45, 7) is 5.65. The highest BCUT2D eigenvalue weighted by Gasteiger charge is 2.33. The summed E-state index contributed by atoms with van der Waals surface area (Å²) < 4.78 is 5.42. The molecule has 2 aromatic carbocycles. The van der Waals surface area contributed by atoms with E-state index in [1.807, 2.05) is 24.4 Å². The molecular weight excluding hydrogens is 432 g/mol. The van der Waals surface area contributed by atoms with Gasteiger partial charge in [0, 0.05) is 11.8 Å². The first kappa shape index (κ1) is 26.2. The molecule has 35 heavy (non-hydrogen) atoms. The standard InChI is InChI=1S/C31H36N2O2/c1-4-6-7-8-9-10-11-24-12-21-29(33-22-24)27-15-13-25(14-16-27)26-17-19-28(20-18-26)35-30(34)31(3,5-2)23-32/h12-22H,4-11H2,1-3H3. The van der Waals surface area contributed by atoms with Crippen LogP contribution < -0.4 is 4.74 Å². The number of hydrogen-bond acceptors (Lipinski definition) is 4. The van der Waals surface area contributed by atoms with E-state index in [9.17, 15) is 10.1 Å². The molecule has 1 atom stereocenters. The van der Waals surface area contributed by atoms with E-state index in [-0.39, 0.29) is 0 Å². The number of unbranched alkanes of at least 4 members (excludes halogenated alkanes) is 5. The number of ether oxygens (including phenoxy) is 1. The van der Waals surface area contributed by atoms with Gasteiger partial charge < -0.3 is 4.74 Å². The maximum atomic E-state index is 12.3. The zero-order chi connectivity index (χ0) is 25.1. The number of pyridine rings is 1. The van der Waals surface area contributed by atoms with E-state index in [0.29, 0.717) is 12.2 Å². The number of nitrogens with zero attached hydrogens (tertiary/aromatic N) is 2. The molecule has 0 bridgehead atoms. The molecule has 0 amide bonds. The number of carbonyl (C=O) groups is 1. The van der Waals surface area contributed by atoms with Gasteiger partial charge in [-0.05, 0) is 61.1 Å². The Morgan fingerprint density at radius 2 is 1.46 bits per heavy atom. The third-order valence-electron chi connectivity index (χ3n) is 6.63. The molecule has 0 fully saturated rings. The summed E-state index contributed by atoms with van der Waals surface area (Å²) in [5.74, 6) is -0.0827. The van der Waals surface area contributed by atoms with Gasteiger partial charge in [0.1, 0.15) is 5.75 Å². The molecule has 1 unspecified atom stereocenters. The summed E-state index contributed by atoms with van der Waals surface area (Å²) in [6, 6.07) is 22.0. The van der Waals surface area contributed by atoms with Crippen LogP contribution >= 0.6 is 0 Å². The summed E-state index contributed by atoms with van der Waals surface area (Å²) in [7, 11) is 0. The van der Waals surface area contributed by atoms with Crippen molar-refractivity contribution in [3.63, 3.8) is 0 Å². The van der Waals surface area contributed by atoms with Gasteiger partial charge in [-0.25, -0.2) is 4.79 Å². The lowest BCUT2D eigenvalue weighted by molar-refractivity contribution is -0.141. The molecular formula is C31H36N2O2. The second-order valence-electron chi connectivity index (χ2n) is 9.36. The van der Waals surface area contributed by atoms with Crippen LogP contribution in [0.25, 0.3) is 22.4 Å². The Morgan fingerprint density at radius 1 is 0.857 bits per heavy atom. The van der Waals surface area contributed by atoms with Crippen molar-refractivity contribution in [2.75, 3.05) is 0 Å². The van der Waals surface area contributed by atoms with Crippen LogP contribution in [0.5, 0.6) is 5.75 Å². The van der Waals surface area contributed by atoms with Gasteiger partial charge >= 0.3 is 5.97 Å². The van der Waals surface area contributed by atoms with Gasteiger partial charge in [-0.3, -0.25) is 4.98 Å². The number of hydrogen-bond donors (Lipinski definition) is 0. The minimum absolute atomic E-state index is 0.406. The van der Waals surface area contributed by atoms with E-state index >= 15 is 0 Å². The Balaban J connectivity index is 1.57. The molecule has 1 heterocycles. The van der Waals surface area contributed by atoms with Crippen LogP contribution in [0.2, 0.25) is 0 Å². The van der Waals surface area contributed by atoms with Crippen LogP contribution in [0.3, 0.4) is 0 Å². The second-order valence-corrected chi connectivity index (χ2v) is 9.36. The molecule has 0 aliphatic carbocycles. The first-order chi connectivity index (χ1) is 17.0. The van der Waals surface area contributed by atoms with Crippen LogP contribution in [-0.2, 0) is 11.2 Å². The third-order valence-corrected chi connectivity index (χ3v) is 6.63. The summed E-state index contributed by atoms with van der Waals surface area (Å²) in [5, 5.41) is 9.26. The predicted molar refractivity (Wildman–Crippen MR) is 142 cm³/mol. The van der Waals surface area contributed by atoms with Crippen molar-refractivity contribution in [3.05, 3.63) is 72.4 Å². The van der Waals surface area contributed by atoms with Gasteiger partial charge in [-0.15, -0.1) is 0 Å². The van der Waals surface area contributed by atoms with Crippen molar-refractivity contribution >= 4 is 5.97 Å². The minimum Gasteiger partial charge on any atom is -0.425 e. The van der Waals surface area contributed by atoms with Crippen molar-refractivity contribution < 1.29 is 9.53 Å². The highest BCUT2D eigenvalue weighted by atomic mass is 16.5. The first-order valence-corrected chi connectivity index (χ1v) is 12.8. The Hall–Kier alpha value is -3.45. The third kappa shape index (κ3) is 7.26. The predicted octanol–water partition coefficient (Wildman–Crippen LogP) is 8.16. The number of aryl methyl sites for hydroxylation is 1. The Bertz CT molecular complexity index is 1110. The lowest BCUT2D eigenvalue weighted by atomic mass is 9.90. The monoisotopic (exact) mass is 468 g/mol. The lowest BCUT2D eigenvalue weighted by Crippen LogP contribution is -2.29. The van der Waals surface area contributed by atoms with Gasteiger partial charge in [-0.1, -0.05) is 88.4 Å². The van der Waals surface area contributed by atoms with Crippen molar-refractivity contribution in [1.29, 1.82) is 5.26 Å². The molecule has 4 heteroatoms. The van der Waals surface area contributed by atoms with Gasteiger partial charge in [0.2, 0.25) is 0 Å². The van der Waals surface area contributed by atoms with E-state index in [4.69, 9.17) is 4.74 Å². The number of aromatic nitrogens is 1. The highest BCUT2D eigenvalue weighted by molar-refractivity contribution is 5.81. The highest BCUT2D eigenvalue weighted by Crippen LogP contribution is 2.28. The van der Waals surface area contributed by atoms with E-state index in [1.54, 1.807) is 26.0 Å². The normalized spacial score (nSPS) is 12.5. The van der Waals surface area contributed by atoms with Crippen LogP contribution in [0.4, 0.5) is 0 Å². The largest absolute Gasteiger partial charge is 0.425 e. The molecule has 0 N–H and O–H groups in total. The maximum Gasteiger partial charge on any atom is 0.331 e. The number of esters is 1. The van der Waals surface area contributed by atoms with E-state index in [1.165, 1.54) is 44.1 Å². The second kappa shape index (κ2) is 12.9. The zero-order valence-corrected chi connectivity index (χ0v) is 21.2. The van der Waals surface area contributed by atoms with E-state index in [0.717, 1.165) is 28.8 Å². The summed E-state index contributed by atoms with van der Waals surface area (Å²) in [5.41, 5.74) is 4.33. The summed E-state index contributed by atoms with van der Waals surface area (Å²) >= 11 is 0. The topological polar surface area (TPSA) is 63.0 Å². The smallest absolute Gasteiger partial charge is 0.331 e. The van der Waals surface area contributed by atoms with Gasteiger partial charge in [-0.2, -0.15) is 5.26 Å². The Kier molecular flexibility index (Phi) is 9.61. The number of benzene rings is 2. The SMILES string of the molecule is CCCCCCCCc1ccc(-c2ccc(-c3ccc(OC(=O)C(C)(C#N)CC)cc3)cc2)nc1. The quantitative estimate of drug-likeness (QED) is 0.153. The van der Waals surface area contributed by atoms with Crippen LogP contribution in [0, 0.1) is 16.7 Å². The van der Waals surface area contributed by atoms with E-state index < -0.39 is 11.4 Å². The minimum atomic E-state index is -1.13. The van der Waals surface area contributed by atoms with Crippen LogP contribution in [0.15, 0.2) is 66.9 Å².